The Morgan fingerprint density at radius 1 is 1.27 bits per heavy atom. The number of likely N-dealkylation sites (tertiary alicyclic amines) is 1. The topological polar surface area (TPSA) is 55.8 Å². The monoisotopic (exact) mass is 525 g/mol. The van der Waals surface area contributed by atoms with Gasteiger partial charge in [0.15, 0.2) is 0 Å². The summed E-state index contributed by atoms with van der Waals surface area (Å²) in [6.45, 7) is 19.2. The molecule has 188 valence electrons. The molecule has 1 fully saturated rings. The lowest BCUT2D eigenvalue weighted by molar-refractivity contribution is -0.144. The van der Waals surface area contributed by atoms with Gasteiger partial charge in [0.2, 0.25) is 0 Å². The molecular weight excluding hydrogens is 482 g/mol. The predicted octanol–water partition coefficient (Wildman–Crippen LogP) is 7.22. The van der Waals surface area contributed by atoms with Crippen molar-refractivity contribution in [3.8, 4) is 0 Å². The number of hydrogen-bond donors (Lipinski definition) is 0. The largest absolute Gasteiger partial charge is 0.466 e. The number of ether oxygens (including phenoxy) is 2. The summed E-state index contributed by atoms with van der Waals surface area (Å²) in [6, 6.07) is 0. The molecule has 1 aliphatic heterocycles. The van der Waals surface area contributed by atoms with Crippen LogP contribution in [0.4, 0.5) is 4.79 Å². The molecular formula is C27H44BrNO4. The average molecular weight is 527 g/mol. The first-order valence-corrected chi connectivity index (χ1v) is 13.2. The second-order valence-corrected chi connectivity index (χ2v) is 11.1. The molecule has 2 rings (SSSR count). The molecule has 2 aliphatic rings. The van der Waals surface area contributed by atoms with E-state index in [-0.39, 0.29) is 28.2 Å². The van der Waals surface area contributed by atoms with Gasteiger partial charge in [-0.15, -0.1) is 0 Å². The molecule has 6 heteroatoms. The fourth-order valence-electron chi connectivity index (χ4n) is 4.73. The number of nitrogens with zero attached hydrogens (tertiary/aromatic N) is 1. The van der Waals surface area contributed by atoms with Crippen molar-refractivity contribution in [2.75, 3.05) is 19.7 Å². The summed E-state index contributed by atoms with van der Waals surface area (Å²) in [4.78, 5) is 26.9. The summed E-state index contributed by atoms with van der Waals surface area (Å²) in [5, 5.41) is 0. The van der Waals surface area contributed by atoms with Crippen LogP contribution in [0.25, 0.3) is 0 Å². The molecule has 1 amide bonds. The van der Waals surface area contributed by atoms with Gasteiger partial charge in [0.1, 0.15) is 5.60 Å². The zero-order valence-electron chi connectivity index (χ0n) is 21.7. The van der Waals surface area contributed by atoms with Crippen LogP contribution < -0.4 is 0 Å². The highest BCUT2D eigenvalue weighted by atomic mass is 79.9. The smallest absolute Gasteiger partial charge is 0.410 e. The zero-order valence-corrected chi connectivity index (χ0v) is 23.3. The van der Waals surface area contributed by atoms with Gasteiger partial charge in [-0.05, 0) is 77.2 Å². The third-order valence-corrected chi connectivity index (χ3v) is 6.69. The molecule has 1 aliphatic carbocycles. The average Bonchev–Trinajstić information content (AvgIpc) is 2.73. The van der Waals surface area contributed by atoms with Crippen molar-refractivity contribution in [1.29, 1.82) is 0 Å². The van der Waals surface area contributed by atoms with Crippen LogP contribution in [-0.2, 0) is 14.3 Å². The number of carbonyl (C=O) groups is 2. The number of esters is 1. The van der Waals surface area contributed by atoms with Crippen LogP contribution in [0.2, 0.25) is 0 Å². The molecule has 0 bridgehead atoms. The SMILES string of the molecule is C=C/C=C\C1=C(C(C)Br)CC2(CCN(C(=O)OC(C)(C)C)CC2)CC1CC(=O)OCC.CC. The van der Waals surface area contributed by atoms with Crippen LogP contribution in [0.15, 0.2) is 36.0 Å². The second-order valence-electron chi connectivity index (χ2n) is 9.75. The Balaban J connectivity index is 0.00000265. The number of alkyl halides is 1. The van der Waals surface area contributed by atoms with Crippen LogP contribution in [0.1, 0.15) is 80.6 Å². The Morgan fingerprint density at radius 3 is 2.36 bits per heavy atom. The molecule has 2 unspecified atom stereocenters. The van der Waals surface area contributed by atoms with E-state index in [4.69, 9.17) is 9.47 Å². The van der Waals surface area contributed by atoms with E-state index in [0.717, 1.165) is 25.7 Å². The minimum atomic E-state index is -0.491. The van der Waals surface area contributed by atoms with Crippen molar-refractivity contribution < 1.29 is 19.1 Å². The molecule has 0 aromatic rings. The van der Waals surface area contributed by atoms with Crippen LogP contribution in [0.5, 0.6) is 0 Å². The zero-order chi connectivity index (χ0) is 25.2. The summed E-state index contributed by atoms with van der Waals surface area (Å²) < 4.78 is 10.8. The number of allylic oxidation sites excluding steroid dienone is 5. The Morgan fingerprint density at radius 2 is 1.88 bits per heavy atom. The highest BCUT2D eigenvalue weighted by molar-refractivity contribution is 9.09. The number of piperidine rings is 1. The van der Waals surface area contributed by atoms with E-state index in [9.17, 15) is 9.59 Å². The molecule has 0 radical (unpaired) electrons. The summed E-state index contributed by atoms with van der Waals surface area (Å²) in [5.74, 6) is -0.0473. The first-order valence-electron chi connectivity index (χ1n) is 12.3. The molecule has 0 aromatic heterocycles. The maximum Gasteiger partial charge on any atom is 0.410 e. The first-order chi connectivity index (χ1) is 15.5. The lowest BCUT2D eigenvalue weighted by Crippen LogP contribution is -2.47. The van der Waals surface area contributed by atoms with Gasteiger partial charge in [0.05, 0.1) is 13.0 Å². The Hall–Kier alpha value is -1.56. The molecule has 5 nitrogen and oxygen atoms in total. The minimum Gasteiger partial charge on any atom is -0.466 e. The third-order valence-electron chi connectivity index (χ3n) is 6.14. The van der Waals surface area contributed by atoms with Crippen molar-refractivity contribution in [1.82, 2.24) is 4.90 Å². The first kappa shape index (κ1) is 29.5. The second kappa shape index (κ2) is 13.4. The molecule has 2 atom stereocenters. The molecule has 33 heavy (non-hydrogen) atoms. The predicted molar refractivity (Wildman–Crippen MR) is 140 cm³/mol. The van der Waals surface area contributed by atoms with Gasteiger partial charge in [-0.3, -0.25) is 4.79 Å². The van der Waals surface area contributed by atoms with Gasteiger partial charge in [-0.2, -0.15) is 0 Å². The van der Waals surface area contributed by atoms with Crippen molar-refractivity contribution >= 4 is 28.0 Å². The van der Waals surface area contributed by atoms with Gasteiger partial charge < -0.3 is 14.4 Å². The Bertz CT molecular complexity index is 725. The third kappa shape index (κ3) is 8.95. The fourth-order valence-corrected chi connectivity index (χ4v) is 5.16. The molecule has 0 N–H and O–H groups in total. The lowest BCUT2D eigenvalue weighted by Gasteiger charge is -2.48. The molecule has 1 heterocycles. The number of carbonyl (C=O) groups excluding carboxylic acids is 2. The number of amides is 1. The Kier molecular flexibility index (Phi) is 11.9. The van der Waals surface area contributed by atoms with E-state index >= 15 is 0 Å². The van der Waals surface area contributed by atoms with Crippen LogP contribution in [0.3, 0.4) is 0 Å². The van der Waals surface area contributed by atoms with Gasteiger partial charge in [-0.25, -0.2) is 4.79 Å². The molecule has 0 aromatic carbocycles. The lowest BCUT2D eigenvalue weighted by atomic mass is 9.61. The van der Waals surface area contributed by atoms with Crippen molar-refractivity contribution in [3.63, 3.8) is 0 Å². The van der Waals surface area contributed by atoms with E-state index in [1.807, 2.05) is 52.5 Å². The summed E-state index contributed by atoms with van der Waals surface area (Å²) in [6.07, 6.45) is 9.69. The quantitative estimate of drug-likeness (QED) is 0.208. The number of halogens is 1. The highest BCUT2D eigenvalue weighted by Crippen LogP contribution is 2.51. The van der Waals surface area contributed by atoms with E-state index in [2.05, 4.69) is 35.5 Å². The molecule has 1 spiro atoms. The van der Waals surface area contributed by atoms with Crippen molar-refractivity contribution in [2.24, 2.45) is 11.3 Å². The van der Waals surface area contributed by atoms with Crippen molar-refractivity contribution in [3.05, 3.63) is 36.0 Å². The standard InChI is InChI=1S/C25H38BrNO4.C2H6/c1-7-9-10-20-19(15-22(28)30-8-2)16-25(17-21(20)18(3)26)11-13-27(14-12-25)23(29)31-24(4,5)6;1-2/h7,9-10,18-19H,1,8,11-17H2,2-6H3;1-2H3/b10-9-;. The Labute approximate surface area is 209 Å². The summed E-state index contributed by atoms with van der Waals surface area (Å²) in [7, 11) is 0. The van der Waals surface area contributed by atoms with E-state index in [0.29, 0.717) is 26.1 Å². The number of rotatable bonds is 6. The van der Waals surface area contributed by atoms with Gasteiger partial charge >= 0.3 is 12.1 Å². The van der Waals surface area contributed by atoms with Crippen LogP contribution in [-0.4, -0.2) is 47.1 Å². The minimum absolute atomic E-state index is 0.0819. The maximum absolute atomic E-state index is 12.5. The van der Waals surface area contributed by atoms with Gasteiger partial charge in [0.25, 0.3) is 0 Å². The summed E-state index contributed by atoms with van der Waals surface area (Å²) >= 11 is 3.79. The van der Waals surface area contributed by atoms with E-state index in [1.54, 1.807) is 6.08 Å². The van der Waals surface area contributed by atoms with Crippen molar-refractivity contribution in [2.45, 2.75) is 91.0 Å². The fraction of sp³-hybridized carbons (Fsp3) is 0.704. The highest BCUT2D eigenvalue weighted by Gasteiger charge is 2.44. The number of hydrogen-bond acceptors (Lipinski definition) is 4. The molecule has 0 saturated carbocycles. The van der Waals surface area contributed by atoms with Crippen LogP contribution in [0, 0.1) is 11.3 Å². The van der Waals surface area contributed by atoms with Gasteiger partial charge in [-0.1, -0.05) is 60.2 Å². The van der Waals surface area contributed by atoms with Gasteiger partial charge in [0, 0.05) is 17.9 Å². The van der Waals surface area contributed by atoms with E-state index < -0.39 is 5.60 Å². The summed E-state index contributed by atoms with van der Waals surface area (Å²) in [5.41, 5.74) is 2.15. The molecule has 1 saturated heterocycles. The normalized spacial score (nSPS) is 21.3. The maximum atomic E-state index is 12.5. The van der Waals surface area contributed by atoms with E-state index in [1.165, 1.54) is 11.1 Å². The van der Waals surface area contributed by atoms with Crippen LogP contribution >= 0.6 is 15.9 Å².